The van der Waals surface area contributed by atoms with Gasteiger partial charge >= 0.3 is 0 Å². The van der Waals surface area contributed by atoms with Crippen LogP contribution in [0.4, 0.5) is 4.39 Å². The Kier molecular flexibility index (Phi) is 2.14. The van der Waals surface area contributed by atoms with Crippen molar-refractivity contribution in [1.29, 1.82) is 0 Å². The Labute approximate surface area is 52.3 Å². The summed E-state index contributed by atoms with van der Waals surface area (Å²) < 4.78 is 12.3. The van der Waals surface area contributed by atoms with Crippen LogP contribution in [0.5, 0.6) is 0 Å². The molecule has 1 saturated heterocycles. The van der Waals surface area contributed by atoms with Crippen LogP contribution >= 0.6 is 11.8 Å². The fourth-order valence-corrected chi connectivity index (χ4v) is 1.71. The standard InChI is InChI=1S/C5H9FOS/c6-4-3-8-2-1-5(4)7/h4-5,7H,1-3H2/t4-,5-/m1/s1. The molecular weight excluding hydrogens is 127 g/mol. The van der Waals surface area contributed by atoms with Crippen LogP contribution in [0.3, 0.4) is 0 Å². The van der Waals surface area contributed by atoms with Crippen LogP contribution in [0.15, 0.2) is 0 Å². The molecule has 1 aliphatic rings. The quantitative estimate of drug-likeness (QED) is 0.532. The highest BCUT2D eigenvalue weighted by atomic mass is 32.2. The van der Waals surface area contributed by atoms with Gasteiger partial charge in [0.2, 0.25) is 0 Å². The Morgan fingerprint density at radius 3 is 2.75 bits per heavy atom. The number of hydrogen-bond acceptors (Lipinski definition) is 2. The maximum atomic E-state index is 12.3. The number of halogens is 1. The minimum atomic E-state index is -0.978. The average Bonchev–Trinajstić information content (AvgIpc) is 1.77. The van der Waals surface area contributed by atoms with Gasteiger partial charge in [0.15, 0.2) is 0 Å². The minimum absolute atomic E-state index is 0.473. The molecule has 1 heterocycles. The van der Waals surface area contributed by atoms with Crippen LogP contribution in [0.2, 0.25) is 0 Å². The van der Waals surface area contributed by atoms with Crippen LogP contribution < -0.4 is 0 Å². The zero-order valence-electron chi connectivity index (χ0n) is 4.51. The first-order valence-corrected chi connectivity index (χ1v) is 3.86. The fraction of sp³-hybridized carbons (Fsp3) is 1.00. The Morgan fingerprint density at radius 1 is 1.62 bits per heavy atom. The fourth-order valence-electron chi connectivity index (χ4n) is 0.692. The number of alkyl halides is 1. The second-order valence-electron chi connectivity index (χ2n) is 1.95. The Balaban J connectivity index is 2.28. The monoisotopic (exact) mass is 136 g/mol. The van der Waals surface area contributed by atoms with Gasteiger partial charge in [-0.05, 0) is 12.2 Å². The van der Waals surface area contributed by atoms with Gasteiger partial charge in [-0.2, -0.15) is 11.8 Å². The van der Waals surface area contributed by atoms with Crippen molar-refractivity contribution in [3.8, 4) is 0 Å². The second kappa shape index (κ2) is 2.69. The lowest BCUT2D eigenvalue weighted by atomic mass is 10.2. The first-order chi connectivity index (χ1) is 3.80. The first kappa shape index (κ1) is 6.36. The topological polar surface area (TPSA) is 20.2 Å². The summed E-state index contributed by atoms with van der Waals surface area (Å²) in [7, 11) is 0. The molecule has 8 heavy (non-hydrogen) atoms. The summed E-state index contributed by atoms with van der Waals surface area (Å²) in [6.45, 7) is 0. The third-order valence-corrected chi connectivity index (χ3v) is 2.33. The zero-order valence-corrected chi connectivity index (χ0v) is 5.33. The molecule has 0 aromatic rings. The van der Waals surface area contributed by atoms with E-state index in [9.17, 15) is 4.39 Å². The lowest BCUT2D eigenvalue weighted by molar-refractivity contribution is 0.0848. The van der Waals surface area contributed by atoms with E-state index in [4.69, 9.17) is 5.11 Å². The molecular formula is C5H9FOS. The molecule has 0 saturated carbocycles. The van der Waals surface area contributed by atoms with E-state index in [0.29, 0.717) is 12.2 Å². The molecule has 0 spiro atoms. The summed E-state index contributed by atoms with van der Waals surface area (Å²) >= 11 is 1.57. The Morgan fingerprint density at radius 2 is 2.38 bits per heavy atom. The van der Waals surface area contributed by atoms with E-state index in [2.05, 4.69) is 0 Å². The summed E-state index contributed by atoms with van der Waals surface area (Å²) in [6.07, 6.45) is -1.05. The summed E-state index contributed by atoms with van der Waals surface area (Å²) in [5, 5.41) is 8.79. The van der Waals surface area contributed by atoms with Crippen molar-refractivity contribution in [3.05, 3.63) is 0 Å². The molecule has 1 N–H and O–H groups in total. The number of thioether (sulfide) groups is 1. The smallest absolute Gasteiger partial charge is 0.135 e. The maximum absolute atomic E-state index is 12.3. The highest BCUT2D eigenvalue weighted by Gasteiger charge is 2.21. The van der Waals surface area contributed by atoms with Gasteiger partial charge in [0.25, 0.3) is 0 Å². The largest absolute Gasteiger partial charge is 0.390 e. The molecule has 1 fully saturated rings. The van der Waals surface area contributed by atoms with Crippen molar-refractivity contribution in [2.45, 2.75) is 18.7 Å². The predicted molar refractivity (Wildman–Crippen MR) is 32.8 cm³/mol. The van der Waals surface area contributed by atoms with E-state index >= 15 is 0 Å². The Bertz CT molecular complexity index is 68.8. The van der Waals surface area contributed by atoms with Crippen LogP contribution in [-0.4, -0.2) is 28.9 Å². The van der Waals surface area contributed by atoms with Crippen LogP contribution in [0.25, 0.3) is 0 Å². The maximum Gasteiger partial charge on any atom is 0.135 e. The summed E-state index contributed by atoms with van der Waals surface area (Å²) in [4.78, 5) is 0. The van der Waals surface area contributed by atoms with Crippen molar-refractivity contribution in [3.63, 3.8) is 0 Å². The van der Waals surface area contributed by atoms with Gasteiger partial charge in [-0.3, -0.25) is 0 Å². The molecule has 0 bridgehead atoms. The Hall–Kier alpha value is 0.240. The van der Waals surface area contributed by atoms with E-state index in [1.54, 1.807) is 11.8 Å². The molecule has 1 aliphatic heterocycles. The minimum Gasteiger partial charge on any atom is -0.390 e. The van der Waals surface area contributed by atoms with E-state index in [1.807, 2.05) is 0 Å². The lowest BCUT2D eigenvalue weighted by Crippen LogP contribution is -2.28. The highest BCUT2D eigenvalue weighted by Crippen LogP contribution is 2.19. The third kappa shape index (κ3) is 1.36. The van der Waals surface area contributed by atoms with Crippen molar-refractivity contribution >= 4 is 11.8 Å². The van der Waals surface area contributed by atoms with Gasteiger partial charge in [-0.15, -0.1) is 0 Å². The van der Waals surface area contributed by atoms with Gasteiger partial charge in [-0.1, -0.05) is 0 Å². The molecule has 0 unspecified atom stereocenters. The third-order valence-electron chi connectivity index (χ3n) is 1.25. The van der Waals surface area contributed by atoms with Crippen molar-refractivity contribution in [2.24, 2.45) is 0 Å². The predicted octanol–water partition coefficient (Wildman–Crippen LogP) is 0.822. The first-order valence-electron chi connectivity index (χ1n) is 2.70. The van der Waals surface area contributed by atoms with Crippen molar-refractivity contribution in [2.75, 3.05) is 11.5 Å². The molecule has 3 heteroatoms. The molecule has 0 radical (unpaired) electrons. The van der Waals surface area contributed by atoms with E-state index in [1.165, 1.54) is 0 Å². The van der Waals surface area contributed by atoms with Crippen LogP contribution in [-0.2, 0) is 0 Å². The van der Waals surface area contributed by atoms with Crippen LogP contribution in [0.1, 0.15) is 6.42 Å². The summed E-state index contributed by atoms with van der Waals surface area (Å²) in [5.74, 6) is 1.38. The molecule has 2 atom stereocenters. The van der Waals surface area contributed by atoms with Crippen molar-refractivity contribution < 1.29 is 9.50 Å². The number of aliphatic hydroxyl groups is 1. The normalized spacial score (nSPS) is 39.8. The van der Waals surface area contributed by atoms with Gasteiger partial charge in [-0.25, -0.2) is 4.39 Å². The molecule has 0 aliphatic carbocycles. The average molecular weight is 136 g/mol. The molecule has 1 rings (SSSR count). The molecule has 0 aromatic carbocycles. The number of aliphatic hydroxyl groups excluding tert-OH is 1. The summed E-state index contributed by atoms with van der Waals surface area (Å²) in [6, 6.07) is 0. The SMILES string of the molecule is O[C@@H]1CCSC[C@H]1F. The molecule has 1 nitrogen and oxygen atoms in total. The van der Waals surface area contributed by atoms with Gasteiger partial charge in [0.05, 0.1) is 6.10 Å². The molecule has 0 amide bonds. The highest BCUT2D eigenvalue weighted by molar-refractivity contribution is 7.99. The van der Waals surface area contributed by atoms with Crippen molar-refractivity contribution in [1.82, 2.24) is 0 Å². The van der Waals surface area contributed by atoms with Gasteiger partial charge < -0.3 is 5.11 Å². The van der Waals surface area contributed by atoms with E-state index in [0.717, 1.165) is 5.75 Å². The van der Waals surface area contributed by atoms with Gasteiger partial charge in [0, 0.05) is 5.75 Å². The second-order valence-corrected chi connectivity index (χ2v) is 3.10. The lowest BCUT2D eigenvalue weighted by Gasteiger charge is -2.19. The van der Waals surface area contributed by atoms with Crippen LogP contribution in [0, 0.1) is 0 Å². The van der Waals surface area contributed by atoms with E-state index < -0.39 is 12.3 Å². The van der Waals surface area contributed by atoms with Gasteiger partial charge in [0.1, 0.15) is 6.17 Å². The molecule has 0 aromatic heterocycles. The van der Waals surface area contributed by atoms with E-state index in [-0.39, 0.29) is 0 Å². The number of hydrogen-bond donors (Lipinski definition) is 1. The number of rotatable bonds is 0. The zero-order chi connectivity index (χ0) is 5.98. The summed E-state index contributed by atoms with van der Waals surface area (Å²) in [5.41, 5.74) is 0. The molecule has 48 valence electrons.